The lowest BCUT2D eigenvalue weighted by Crippen LogP contribution is -2.14. The van der Waals surface area contributed by atoms with E-state index in [2.05, 4.69) is 15.4 Å². The second-order valence-corrected chi connectivity index (χ2v) is 4.85. The molecule has 2 rings (SSSR count). The summed E-state index contributed by atoms with van der Waals surface area (Å²) in [5.74, 6) is 7.07. The molecule has 1 aromatic rings. The van der Waals surface area contributed by atoms with Crippen LogP contribution in [0.3, 0.4) is 0 Å². The fourth-order valence-corrected chi connectivity index (χ4v) is 1.76. The lowest BCUT2D eigenvalue weighted by molar-refractivity contribution is -0.136. The Hall–Kier alpha value is -1.57. The standard InChI is InChI=1S/C12H17F3N4O/c1-7-9(19-16)17-10(8-3-4-8)18-11(7)20-6-2-5-12(13,14)15/h8H,2-6,16H2,1H3,(H,17,18,19). The molecule has 5 nitrogen and oxygen atoms in total. The number of alkyl halides is 3. The van der Waals surface area contributed by atoms with Crippen LogP contribution in [0.2, 0.25) is 0 Å². The van der Waals surface area contributed by atoms with E-state index < -0.39 is 12.6 Å². The highest BCUT2D eigenvalue weighted by Crippen LogP contribution is 2.39. The number of nitrogens with zero attached hydrogens (tertiary/aromatic N) is 2. The summed E-state index contributed by atoms with van der Waals surface area (Å²) >= 11 is 0. The van der Waals surface area contributed by atoms with Crippen LogP contribution in [0.25, 0.3) is 0 Å². The van der Waals surface area contributed by atoms with Gasteiger partial charge in [0.25, 0.3) is 0 Å². The normalized spacial score (nSPS) is 15.2. The lowest BCUT2D eigenvalue weighted by Gasteiger charge is -2.13. The van der Waals surface area contributed by atoms with E-state index in [1.54, 1.807) is 6.92 Å². The fourth-order valence-electron chi connectivity index (χ4n) is 1.76. The number of nitrogens with one attached hydrogen (secondary N) is 1. The van der Waals surface area contributed by atoms with Gasteiger partial charge in [0, 0.05) is 12.3 Å². The smallest absolute Gasteiger partial charge is 0.389 e. The third kappa shape index (κ3) is 3.96. The van der Waals surface area contributed by atoms with E-state index in [9.17, 15) is 13.2 Å². The molecule has 0 saturated heterocycles. The first kappa shape index (κ1) is 14.8. The molecule has 0 unspecified atom stereocenters. The van der Waals surface area contributed by atoms with Crippen molar-refractivity contribution in [3.63, 3.8) is 0 Å². The van der Waals surface area contributed by atoms with Crippen LogP contribution < -0.4 is 16.0 Å². The molecule has 0 spiro atoms. The van der Waals surface area contributed by atoms with E-state index in [4.69, 9.17) is 10.6 Å². The van der Waals surface area contributed by atoms with Crippen molar-refractivity contribution >= 4 is 5.82 Å². The van der Waals surface area contributed by atoms with Gasteiger partial charge in [-0.2, -0.15) is 18.2 Å². The summed E-state index contributed by atoms with van der Waals surface area (Å²) in [5.41, 5.74) is 3.06. The number of halogens is 3. The van der Waals surface area contributed by atoms with Crippen LogP contribution >= 0.6 is 0 Å². The van der Waals surface area contributed by atoms with Crippen LogP contribution in [0.5, 0.6) is 5.88 Å². The Kier molecular flexibility index (Phi) is 4.32. The maximum absolute atomic E-state index is 12.0. The minimum absolute atomic E-state index is 0.0362. The molecule has 0 aromatic carbocycles. The molecule has 1 fully saturated rings. The molecule has 8 heteroatoms. The first-order chi connectivity index (χ1) is 9.40. The molecule has 0 radical (unpaired) electrons. The van der Waals surface area contributed by atoms with Gasteiger partial charge in [-0.1, -0.05) is 0 Å². The largest absolute Gasteiger partial charge is 0.477 e. The van der Waals surface area contributed by atoms with Gasteiger partial charge in [-0.05, 0) is 26.2 Å². The summed E-state index contributed by atoms with van der Waals surface area (Å²) in [6, 6.07) is 0. The summed E-state index contributed by atoms with van der Waals surface area (Å²) < 4.78 is 41.5. The highest BCUT2D eigenvalue weighted by molar-refractivity contribution is 5.48. The quantitative estimate of drug-likeness (QED) is 0.479. The monoisotopic (exact) mass is 290 g/mol. The van der Waals surface area contributed by atoms with Gasteiger partial charge in [0.15, 0.2) is 0 Å². The van der Waals surface area contributed by atoms with Crippen molar-refractivity contribution in [3.8, 4) is 5.88 Å². The molecule has 112 valence electrons. The van der Waals surface area contributed by atoms with Gasteiger partial charge in [-0.25, -0.2) is 10.8 Å². The van der Waals surface area contributed by atoms with E-state index in [0.29, 0.717) is 29.0 Å². The van der Waals surface area contributed by atoms with E-state index in [-0.39, 0.29) is 13.0 Å². The van der Waals surface area contributed by atoms with Crippen LogP contribution in [0.1, 0.15) is 43.0 Å². The molecule has 0 amide bonds. The predicted molar refractivity (Wildman–Crippen MR) is 67.3 cm³/mol. The zero-order valence-electron chi connectivity index (χ0n) is 11.1. The summed E-state index contributed by atoms with van der Waals surface area (Å²) in [6.07, 6.45) is -3.10. The minimum Gasteiger partial charge on any atom is -0.477 e. The Morgan fingerprint density at radius 3 is 2.60 bits per heavy atom. The highest BCUT2D eigenvalue weighted by atomic mass is 19.4. The number of hydrogen-bond donors (Lipinski definition) is 2. The summed E-state index contributed by atoms with van der Waals surface area (Å²) in [7, 11) is 0. The Bertz CT molecular complexity index is 475. The van der Waals surface area contributed by atoms with Crippen molar-refractivity contribution in [2.75, 3.05) is 12.0 Å². The van der Waals surface area contributed by atoms with Gasteiger partial charge in [0.05, 0.1) is 12.2 Å². The fraction of sp³-hybridized carbons (Fsp3) is 0.667. The topological polar surface area (TPSA) is 73.1 Å². The third-order valence-corrected chi connectivity index (χ3v) is 3.04. The number of nitrogens with two attached hydrogens (primary N) is 1. The number of rotatable bonds is 6. The molecule has 1 aliphatic rings. The van der Waals surface area contributed by atoms with Gasteiger partial charge in [0.1, 0.15) is 11.6 Å². The van der Waals surface area contributed by atoms with Crippen molar-refractivity contribution in [2.45, 2.75) is 44.7 Å². The molecule has 0 aliphatic heterocycles. The molecule has 0 atom stereocenters. The second-order valence-electron chi connectivity index (χ2n) is 4.85. The number of hydrazine groups is 1. The summed E-state index contributed by atoms with van der Waals surface area (Å²) in [6.45, 7) is 1.68. The van der Waals surface area contributed by atoms with Gasteiger partial charge >= 0.3 is 6.18 Å². The van der Waals surface area contributed by atoms with Gasteiger partial charge in [-0.3, -0.25) is 0 Å². The molecule has 1 aliphatic carbocycles. The zero-order chi connectivity index (χ0) is 14.8. The Morgan fingerprint density at radius 1 is 1.35 bits per heavy atom. The van der Waals surface area contributed by atoms with Crippen LogP contribution in [0.15, 0.2) is 0 Å². The van der Waals surface area contributed by atoms with Crippen LogP contribution in [-0.2, 0) is 0 Å². The summed E-state index contributed by atoms with van der Waals surface area (Å²) in [4.78, 5) is 8.54. The first-order valence-corrected chi connectivity index (χ1v) is 6.45. The lowest BCUT2D eigenvalue weighted by atomic mass is 10.3. The van der Waals surface area contributed by atoms with Crippen LogP contribution in [0, 0.1) is 6.92 Å². The third-order valence-electron chi connectivity index (χ3n) is 3.04. The zero-order valence-corrected chi connectivity index (χ0v) is 11.1. The average molecular weight is 290 g/mol. The van der Waals surface area contributed by atoms with E-state index in [1.165, 1.54) is 0 Å². The molecule has 3 N–H and O–H groups in total. The molecule has 0 bridgehead atoms. The van der Waals surface area contributed by atoms with Crippen LogP contribution in [-0.4, -0.2) is 22.8 Å². The number of nitrogen functional groups attached to an aromatic ring is 1. The second kappa shape index (κ2) is 5.82. The van der Waals surface area contributed by atoms with Gasteiger partial charge < -0.3 is 10.2 Å². The number of ether oxygens (including phenoxy) is 1. The van der Waals surface area contributed by atoms with Gasteiger partial charge in [0.2, 0.25) is 5.88 Å². The number of anilines is 1. The van der Waals surface area contributed by atoms with Crippen molar-refractivity contribution in [1.82, 2.24) is 9.97 Å². The number of aromatic nitrogens is 2. The van der Waals surface area contributed by atoms with E-state index in [0.717, 1.165) is 12.8 Å². The van der Waals surface area contributed by atoms with Crippen molar-refractivity contribution in [1.29, 1.82) is 0 Å². The van der Waals surface area contributed by atoms with Crippen molar-refractivity contribution in [2.24, 2.45) is 5.84 Å². The molecular weight excluding hydrogens is 273 g/mol. The van der Waals surface area contributed by atoms with E-state index in [1.807, 2.05) is 0 Å². The Labute approximate surface area is 114 Å². The molecule has 1 saturated carbocycles. The van der Waals surface area contributed by atoms with Gasteiger partial charge in [-0.15, -0.1) is 0 Å². The number of hydrogen-bond acceptors (Lipinski definition) is 5. The SMILES string of the molecule is Cc1c(NN)nc(C2CC2)nc1OCCCC(F)(F)F. The van der Waals surface area contributed by atoms with Crippen molar-refractivity contribution < 1.29 is 17.9 Å². The summed E-state index contributed by atoms with van der Waals surface area (Å²) in [5, 5.41) is 0. The van der Waals surface area contributed by atoms with E-state index >= 15 is 0 Å². The minimum atomic E-state index is -4.16. The average Bonchev–Trinajstić information content (AvgIpc) is 3.19. The maximum Gasteiger partial charge on any atom is 0.389 e. The van der Waals surface area contributed by atoms with Crippen LogP contribution in [0.4, 0.5) is 19.0 Å². The first-order valence-electron chi connectivity index (χ1n) is 6.45. The van der Waals surface area contributed by atoms with Crippen molar-refractivity contribution in [3.05, 3.63) is 11.4 Å². The maximum atomic E-state index is 12.0. The molecule has 1 heterocycles. The highest BCUT2D eigenvalue weighted by Gasteiger charge is 2.29. The molecule has 1 aromatic heterocycles. The molecular formula is C12H17F3N4O. The molecule has 20 heavy (non-hydrogen) atoms. The Balaban J connectivity index is 2.00. The Morgan fingerprint density at radius 2 is 2.05 bits per heavy atom. The predicted octanol–water partition coefficient (Wildman–Crippen LogP) is 2.67.